The molecule has 23 heavy (non-hydrogen) atoms. The lowest BCUT2D eigenvalue weighted by atomic mass is 9.99. The van der Waals surface area contributed by atoms with Crippen molar-refractivity contribution in [2.75, 3.05) is 29.9 Å². The molecule has 3 rings (SSSR count). The fourth-order valence-electron chi connectivity index (χ4n) is 2.99. The monoisotopic (exact) mass is 310 g/mol. The van der Waals surface area contributed by atoms with Gasteiger partial charge in [0.2, 0.25) is 5.95 Å². The molecule has 1 aliphatic rings. The molecule has 1 aromatic heterocycles. The van der Waals surface area contributed by atoms with Gasteiger partial charge in [0.05, 0.1) is 0 Å². The standard InChI is InChI=1S/C19H26N4/c1-16-10-14-23(15-11-16)18-9-13-21-19(22-18)20-12-5-8-17-6-3-2-4-7-17/h2-4,6-7,9,13,16H,5,8,10-12,14-15H2,1H3,(H,20,21,22). The average molecular weight is 310 g/mol. The van der Waals surface area contributed by atoms with Gasteiger partial charge in [0.15, 0.2) is 0 Å². The zero-order valence-corrected chi connectivity index (χ0v) is 13.9. The summed E-state index contributed by atoms with van der Waals surface area (Å²) in [5.41, 5.74) is 1.38. The second-order valence-corrected chi connectivity index (χ2v) is 6.42. The fourth-order valence-corrected chi connectivity index (χ4v) is 2.99. The Hall–Kier alpha value is -2.10. The Kier molecular flexibility index (Phi) is 5.46. The topological polar surface area (TPSA) is 41.1 Å². The Morgan fingerprint density at radius 1 is 1.13 bits per heavy atom. The highest BCUT2D eigenvalue weighted by Gasteiger charge is 2.17. The molecule has 0 radical (unpaired) electrons. The Bertz CT molecular complexity index is 591. The third kappa shape index (κ3) is 4.68. The third-order valence-electron chi connectivity index (χ3n) is 4.52. The Morgan fingerprint density at radius 2 is 1.91 bits per heavy atom. The minimum absolute atomic E-state index is 0.745. The molecule has 0 amide bonds. The number of nitrogens with zero attached hydrogens (tertiary/aromatic N) is 3. The summed E-state index contributed by atoms with van der Waals surface area (Å²) in [4.78, 5) is 11.4. The summed E-state index contributed by atoms with van der Waals surface area (Å²) in [6.07, 6.45) is 6.53. The van der Waals surface area contributed by atoms with E-state index in [0.717, 1.165) is 50.2 Å². The van der Waals surface area contributed by atoms with E-state index in [1.807, 2.05) is 12.3 Å². The van der Waals surface area contributed by atoms with Gasteiger partial charge >= 0.3 is 0 Å². The number of anilines is 2. The molecule has 0 bridgehead atoms. The predicted molar refractivity (Wildman–Crippen MR) is 95.9 cm³/mol. The van der Waals surface area contributed by atoms with Gasteiger partial charge in [-0.3, -0.25) is 0 Å². The van der Waals surface area contributed by atoms with Crippen LogP contribution in [0.5, 0.6) is 0 Å². The van der Waals surface area contributed by atoms with Crippen LogP contribution in [-0.4, -0.2) is 29.6 Å². The van der Waals surface area contributed by atoms with Gasteiger partial charge < -0.3 is 10.2 Å². The first-order valence-electron chi connectivity index (χ1n) is 8.67. The Labute approximate surface area is 139 Å². The highest BCUT2D eigenvalue weighted by molar-refractivity contribution is 5.42. The molecule has 2 aromatic rings. The number of hydrogen-bond donors (Lipinski definition) is 1. The first-order valence-corrected chi connectivity index (χ1v) is 8.67. The summed E-state index contributed by atoms with van der Waals surface area (Å²) in [5.74, 6) is 2.63. The van der Waals surface area contributed by atoms with Crippen LogP contribution in [-0.2, 0) is 6.42 Å². The van der Waals surface area contributed by atoms with Crippen molar-refractivity contribution in [3.8, 4) is 0 Å². The summed E-state index contributed by atoms with van der Waals surface area (Å²) >= 11 is 0. The molecule has 122 valence electrons. The molecule has 4 nitrogen and oxygen atoms in total. The number of piperidine rings is 1. The summed E-state index contributed by atoms with van der Waals surface area (Å²) in [6, 6.07) is 12.6. The first kappa shape index (κ1) is 15.8. The molecule has 0 saturated carbocycles. The van der Waals surface area contributed by atoms with Crippen LogP contribution in [0.2, 0.25) is 0 Å². The SMILES string of the molecule is CC1CCN(c2ccnc(NCCCc3ccccc3)n2)CC1. The van der Waals surface area contributed by atoms with Crippen molar-refractivity contribution in [2.45, 2.75) is 32.6 Å². The van der Waals surface area contributed by atoms with Crippen molar-refractivity contribution in [2.24, 2.45) is 5.92 Å². The minimum atomic E-state index is 0.745. The van der Waals surface area contributed by atoms with Crippen molar-refractivity contribution in [1.82, 2.24) is 9.97 Å². The van der Waals surface area contributed by atoms with Crippen LogP contribution in [0.1, 0.15) is 31.7 Å². The molecule has 0 unspecified atom stereocenters. The number of benzene rings is 1. The van der Waals surface area contributed by atoms with Crippen LogP contribution in [0.4, 0.5) is 11.8 Å². The van der Waals surface area contributed by atoms with Crippen molar-refractivity contribution in [3.05, 3.63) is 48.2 Å². The van der Waals surface area contributed by atoms with Gasteiger partial charge in [-0.2, -0.15) is 4.98 Å². The van der Waals surface area contributed by atoms with Crippen LogP contribution in [0.15, 0.2) is 42.6 Å². The molecule has 1 saturated heterocycles. The molecule has 4 heteroatoms. The molecule has 1 aromatic carbocycles. The van der Waals surface area contributed by atoms with E-state index in [4.69, 9.17) is 0 Å². The number of aromatic nitrogens is 2. The number of aryl methyl sites for hydroxylation is 1. The highest BCUT2D eigenvalue weighted by Crippen LogP contribution is 2.21. The number of rotatable bonds is 6. The lowest BCUT2D eigenvalue weighted by Gasteiger charge is -2.31. The second kappa shape index (κ2) is 7.95. The zero-order chi connectivity index (χ0) is 15.9. The van der Waals surface area contributed by atoms with E-state index >= 15 is 0 Å². The van der Waals surface area contributed by atoms with Gasteiger partial charge in [0, 0.05) is 25.8 Å². The van der Waals surface area contributed by atoms with E-state index in [-0.39, 0.29) is 0 Å². The summed E-state index contributed by atoms with van der Waals surface area (Å²) in [5, 5.41) is 3.35. The molecule has 1 fully saturated rings. The second-order valence-electron chi connectivity index (χ2n) is 6.42. The van der Waals surface area contributed by atoms with Gasteiger partial charge in [-0.05, 0) is 43.2 Å². The van der Waals surface area contributed by atoms with Gasteiger partial charge in [-0.1, -0.05) is 37.3 Å². The van der Waals surface area contributed by atoms with Crippen molar-refractivity contribution in [3.63, 3.8) is 0 Å². The lowest BCUT2D eigenvalue weighted by molar-refractivity contribution is 0.436. The largest absolute Gasteiger partial charge is 0.356 e. The molecular formula is C19H26N4. The zero-order valence-electron chi connectivity index (χ0n) is 13.9. The van der Waals surface area contributed by atoms with Crippen LogP contribution in [0.3, 0.4) is 0 Å². The maximum absolute atomic E-state index is 4.67. The van der Waals surface area contributed by atoms with Gasteiger partial charge in [0.1, 0.15) is 5.82 Å². The maximum atomic E-state index is 4.67. The van der Waals surface area contributed by atoms with Crippen LogP contribution in [0.25, 0.3) is 0 Å². The van der Waals surface area contributed by atoms with E-state index in [1.165, 1.54) is 18.4 Å². The maximum Gasteiger partial charge on any atom is 0.224 e. The van der Waals surface area contributed by atoms with Crippen LogP contribution < -0.4 is 10.2 Å². The first-order chi connectivity index (χ1) is 11.3. The summed E-state index contributed by atoms with van der Waals surface area (Å²) in [7, 11) is 0. The highest BCUT2D eigenvalue weighted by atomic mass is 15.2. The van der Waals surface area contributed by atoms with E-state index in [1.54, 1.807) is 0 Å². The molecule has 1 N–H and O–H groups in total. The molecule has 0 spiro atoms. The van der Waals surface area contributed by atoms with Crippen LogP contribution in [0, 0.1) is 5.92 Å². The predicted octanol–water partition coefficient (Wildman–Crippen LogP) is 3.76. The summed E-state index contributed by atoms with van der Waals surface area (Å²) in [6.45, 7) is 5.43. The van der Waals surface area contributed by atoms with E-state index < -0.39 is 0 Å². The average Bonchev–Trinajstić information content (AvgIpc) is 2.61. The normalized spacial score (nSPS) is 15.6. The molecule has 1 aliphatic heterocycles. The lowest BCUT2D eigenvalue weighted by Crippen LogP contribution is -2.33. The van der Waals surface area contributed by atoms with Crippen molar-refractivity contribution >= 4 is 11.8 Å². The molecule has 2 heterocycles. The number of hydrogen-bond acceptors (Lipinski definition) is 4. The van der Waals surface area contributed by atoms with E-state index in [9.17, 15) is 0 Å². The molecule has 0 atom stereocenters. The number of nitrogens with one attached hydrogen (secondary N) is 1. The molecule has 0 aliphatic carbocycles. The Morgan fingerprint density at radius 3 is 2.70 bits per heavy atom. The minimum Gasteiger partial charge on any atom is -0.356 e. The van der Waals surface area contributed by atoms with Gasteiger partial charge in [-0.15, -0.1) is 0 Å². The van der Waals surface area contributed by atoms with Crippen molar-refractivity contribution < 1.29 is 0 Å². The van der Waals surface area contributed by atoms with Crippen LogP contribution >= 0.6 is 0 Å². The molecular weight excluding hydrogens is 284 g/mol. The van der Waals surface area contributed by atoms with Gasteiger partial charge in [-0.25, -0.2) is 4.98 Å². The van der Waals surface area contributed by atoms with Crippen molar-refractivity contribution in [1.29, 1.82) is 0 Å². The fraction of sp³-hybridized carbons (Fsp3) is 0.474. The quantitative estimate of drug-likeness (QED) is 0.825. The smallest absolute Gasteiger partial charge is 0.224 e. The van der Waals surface area contributed by atoms with E-state index in [2.05, 4.69) is 57.4 Å². The summed E-state index contributed by atoms with van der Waals surface area (Å²) < 4.78 is 0. The Balaban J connectivity index is 1.48. The third-order valence-corrected chi connectivity index (χ3v) is 4.52. The van der Waals surface area contributed by atoms with Gasteiger partial charge in [0.25, 0.3) is 0 Å². The van der Waals surface area contributed by atoms with E-state index in [0.29, 0.717) is 0 Å².